The normalized spacial score (nSPS) is 10.0. The number of aromatic nitrogens is 1. The Kier molecular flexibility index (Phi) is 5.68. The van der Waals surface area contributed by atoms with Crippen LogP contribution in [0.15, 0.2) is 36.4 Å². The molecule has 7 nitrogen and oxygen atoms in total. The van der Waals surface area contributed by atoms with Gasteiger partial charge in [-0.3, -0.25) is 10.1 Å². The van der Waals surface area contributed by atoms with Gasteiger partial charge in [-0.2, -0.15) is 5.26 Å². The second-order valence-electron chi connectivity index (χ2n) is 5.28. The number of likely N-dealkylation sites (N-methyl/N-ethyl adjacent to an activating group) is 1. The summed E-state index contributed by atoms with van der Waals surface area (Å²) in [6.07, 6.45) is 0. The van der Waals surface area contributed by atoms with Gasteiger partial charge in [0.05, 0.1) is 4.92 Å². The van der Waals surface area contributed by atoms with Crippen LogP contribution in [0.4, 0.5) is 17.2 Å². The van der Waals surface area contributed by atoms with Gasteiger partial charge in [0.2, 0.25) is 5.69 Å². The van der Waals surface area contributed by atoms with Gasteiger partial charge in [-0.05, 0) is 37.6 Å². The van der Waals surface area contributed by atoms with Crippen LogP contribution < -0.4 is 10.2 Å². The fourth-order valence-corrected chi connectivity index (χ4v) is 2.39. The molecular formula is C17H19N5O2. The number of anilines is 2. The van der Waals surface area contributed by atoms with E-state index in [2.05, 4.69) is 47.2 Å². The van der Waals surface area contributed by atoms with Crippen molar-refractivity contribution in [3.8, 4) is 6.07 Å². The van der Waals surface area contributed by atoms with E-state index in [-0.39, 0.29) is 11.4 Å². The van der Waals surface area contributed by atoms with E-state index in [0.717, 1.165) is 18.8 Å². The van der Waals surface area contributed by atoms with Crippen molar-refractivity contribution in [2.24, 2.45) is 0 Å². The molecule has 0 aliphatic heterocycles. The summed E-state index contributed by atoms with van der Waals surface area (Å²) in [6.45, 7) is 6.36. The van der Waals surface area contributed by atoms with Crippen LogP contribution in [0.1, 0.15) is 18.2 Å². The highest BCUT2D eigenvalue weighted by Crippen LogP contribution is 2.18. The van der Waals surface area contributed by atoms with Crippen LogP contribution in [0.2, 0.25) is 0 Å². The number of nitrogens with zero attached hydrogens (tertiary/aromatic N) is 4. The molecule has 2 rings (SSSR count). The number of nitro groups is 1. The predicted octanol–water partition coefficient (Wildman–Crippen LogP) is 3.11. The molecule has 24 heavy (non-hydrogen) atoms. The minimum Gasteiger partial charge on any atom is -0.370 e. The van der Waals surface area contributed by atoms with Crippen molar-refractivity contribution in [2.75, 3.05) is 29.9 Å². The van der Waals surface area contributed by atoms with E-state index in [9.17, 15) is 10.1 Å². The monoisotopic (exact) mass is 325 g/mol. The summed E-state index contributed by atoms with van der Waals surface area (Å²) in [7, 11) is 0. The van der Waals surface area contributed by atoms with Crippen LogP contribution in [0, 0.1) is 28.4 Å². The van der Waals surface area contributed by atoms with Gasteiger partial charge in [-0.1, -0.05) is 12.1 Å². The summed E-state index contributed by atoms with van der Waals surface area (Å²) in [5.41, 5.74) is 1.89. The van der Waals surface area contributed by atoms with Crippen molar-refractivity contribution in [3.63, 3.8) is 0 Å². The van der Waals surface area contributed by atoms with Crippen molar-refractivity contribution in [1.82, 2.24) is 4.98 Å². The average Bonchev–Trinajstić information content (AvgIpc) is 2.58. The lowest BCUT2D eigenvalue weighted by molar-refractivity contribution is -0.385. The first-order valence-electron chi connectivity index (χ1n) is 7.66. The Morgan fingerprint density at radius 2 is 2.17 bits per heavy atom. The fourth-order valence-electron chi connectivity index (χ4n) is 2.39. The zero-order valence-corrected chi connectivity index (χ0v) is 13.7. The Balaban J connectivity index is 2.00. The van der Waals surface area contributed by atoms with Gasteiger partial charge in [0, 0.05) is 31.4 Å². The molecular weight excluding hydrogens is 306 g/mol. The second kappa shape index (κ2) is 7.92. The van der Waals surface area contributed by atoms with Crippen molar-refractivity contribution in [1.29, 1.82) is 5.26 Å². The number of pyridine rings is 1. The van der Waals surface area contributed by atoms with Crippen molar-refractivity contribution in [3.05, 3.63) is 57.8 Å². The molecule has 0 atom stereocenters. The van der Waals surface area contributed by atoms with Crippen molar-refractivity contribution in [2.45, 2.75) is 13.8 Å². The number of benzene rings is 1. The van der Waals surface area contributed by atoms with Gasteiger partial charge in [0.25, 0.3) is 0 Å². The molecule has 0 spiro atoms. The lowest BCUT2D eigenvalue weighted by atomic mass is 10.2. The molecule has 0 unspecified atom stereocenters. The Labute approximate surface area is 140 Å². The summed E-state index contributed by atoms with van der Waals surface area (Å²) in [6, 6.07) is 12.8. The van der Waals surface area contributed by atoms with E-state index in [0.29, 0.717) is 12.4 Å². The summed E-state index contributed by atoms with van der Waals surface area (Å²) in [4.78, 5) is 16.4. The predicted molar refractivity (Wildman–Crippen MR) is 93.2 cm³/mol. The van der Waals surface area contributed by atoms with Gasteiger partial charge in [0.15, 0.2) is 0 Å². The summed E-state index contributed by atoms with van der Waals surface area (Å²) >= 11 is 0. The van der Waals surface area contributed by atoms with Crippen LogP contribution in [-0.2, 0) is 0 Å². The van der Waals surface area contributed by atoms with Crippen LogP contribution in [0.25, 0.3) is 0 Å². The molecule has 1 N–H and O–H groups in total. The minimum atomic E-state index is -0.605. The Hall–Kier alpha value is -3.14. The molecule has 1 heterocycles. The number of aryl methyl sites for hydroxylation is 1. The highest BCUT2D eigenvalue weighted by Gasteiger charge is 2.15. The second-order valence-corrected chi connectivity index (χ2v) is 5.28. The topological polar surface area (TPSA) is 95.1 Å². The molecule has 0 aliphatic carbocycles. The molecule has 124 valence electrons. The molecule has 0 fully saturated rings. The molecule has 7 heteroatoms. The standard InChI is InChI=1S/C17H19N5O2/c1-3-21(14-6-4-5-13(2)11-14)10-9-19-17-8-7-16(22(23)24)15(12-18)20-17/h4-8,11H,3,9-10H2,1-2H3,(H,19,20). The van der Waals surface area contributed by atoms with Gasteiger partial charge in [-0.25, -0.2) is 4.98 Å². The number of hydrogen-bond donors (Lipinski definition) is 1. The third-order valence-corrected chi connectivity index (χ3v) is 3.61. The molecule has 0 aliphatic rings. The highest BCUT2D eigenvalue weighted by molar-refractivity contribution is 5.51. The first kappa shape index (κ1) is 17.2. The Bertz CT molecular complexity index is 770. The van der Waals surface area contributed by atoms with Gasteiger partial charge in [0.1, 0.15) is 11.9 Å². The third kappa shape index (κ3) is 4.20. The van der Waals surface area contributed by atoms with Crippen LogP contribution >= 0.6 is 0 Å². The molecule has 1 aromatic carbocycles. The summed E-state index contributed by atoms with van der Waals surface area (Å²) < 4.78 is 0. The molecule has 0 amide bonds. The maximum Gasteiger partial charge on any atom is 0.305 e. The first-order chi connectivity index (χ1) is 11.5. The van der Waals surface area contributed by atoms with Gasteiger partial charge < -0.3 is 10.2 Å². The Morgan fingerprint density at radius 1 is 1.38 bits per heavy atom. The van der Waals surface area contributed by atoms with Gasteiger partial charge in [-0.15, -0.1) is 0 Å². The molecule has 0 saturated carbocycles. The zero-order valence-electron chi connectivity index (χ0n) is 13.7. The van der Waals surface area contributed by atoms with E-state index >= 15 is 0 Å². The summed E-state index contributed by atoms with van der Waals surface area (Å²) in [5, 5.41) is 22.9. The SMILES string of the molecule is CCN(CCNc1ccc([N+](=O)[O-])c(C#N)n1)c1cccc(C)c1. The van der Waals surface area contributed by atoms with E-state index in [4.69, 9.17) is 5.26 Å². The van der Waals surface area contributed by atoms with E-state index in [1.54, 1.807) is 6.07 Å². The molecule has 0 radical (unpaired) electrons. The smallest absolute Gasteiger partial charge is 0.305 e. The van der Waals surface area contributed by atoms with E-state index in [1.165, 1.54) is 17.7 Å². The third-order valence-electron chi connectivity index (χ3n) is 3.61. The summed E-state index contributed by atoms with van der Waals surface area (Å²) in [5.74, 6) is 0.456. The molecule has 1 aromatic heterocycles. The maximum absolute atomic E-state index is 10.8. The molecule has 2 aromatic rings. The lowest BCUT2D eigenvalue weighted by Gasteiger charge is -2.23. The number of nitrogens with one attached hydrogen (secondary N) is 1. The van der Waals surface area contributed by atoms with Crippen molar-refractivity contribution < 1.29 is 4.92 Å². The average molecular weight is 325 g/mol. The first-order valence-corrected chi connectivity index (χ1v) is 7.66. The Morgan fingerprint density at radius 3 is 2.79 bits per heavy atom. The van der Waals surface area contributed by atoms with Gasteiger partial charge >= 0.3 is 5.69 Å². The maximum atomic E-state index is 10.8. The van der Waals surface area contributed by atoms with Crippen LogP contribution in [0.5, 0.6) is 0 Å². The quantitative estimate of drug-likeness (QED) is 0.621. The largest absolute Gasteiger partial charge is 0.370 e. The zero-order chi connectivity index (χ0) is 17.5. The van der Waals surface area contributed by atoms with E-state index < -0.39 is 4.92 Å². The van der Waals surface area contributed by atoms with Crippen LogP contribution in [0.3, 0.4) is 0 Å². The van der Waals surface area contributed by atoms with Crippen LogP contribution in [-0.4, -0.2) is 29.5 Å². The van der Waals surface area contributed by atoms with E-state index in [1.807, 2.05) is 6.07 Å². The molecule has 0 saturated heterocycles. The lowest BCUT2D eigenvalue weighted by Crippen LogP contribution is -2.29. The molecule has 0 bridgehead atoms. The highest BCUT2D eigenvalue weighted by atomic mass is 16.6. The number of hydrogen-bond acceptors (Lipinski definition) is 6. The fraction of sp³-hybridized carbons (Fsp3) is 0.294. The number of nitriles is 1. The minimum absolute atomic E-state index is 0.184. The number of rotatable bonds is 7. The van der Waals surface area contributed by atoms with Crippen molar-refractivity contribution >= 4 is 17.2 Å².